The van der Waals surface area contributed by atoms with E-state index in [1.54, 1.807) is 12.3 Å². The van der Waals surface area contributed by atoms with E-state index >= 15 is 0 Å². The minimum absolute atomic E-state index is 0.00609. The van der Waals surface area contributed by atoms with Gasteiger partial charge in [-0.3, -0.25) is 14.6 Å². The van der Waals surface area contributed by atoms with E-state index in [9.17, 15) is 39.9 Å². The van der Waals surface area contributed by atoms with Crippen LogP contribution in [-0.4, -0.2) is 61.9 Å². The molecule has 0 radical (unpaired) electrons. The topological polar surface area (TPSA) is 174 Å². The van der Waals surface area contributed by atoms with Gasteiger partial charge in [0.1, 0.15) is 34.3 Å². The fourth-order valence-corrected chi connectivity index (χ4v) is 9.59. The number of ketones is 2. The summed E-state index contributed by atoms with van der Waals surface area (Å²) < 4.78 is 5.67. The molecule has 0 amide bonds. The molecule has 0 spiro atoms. The highest BCUT2D eigenvalue weighted by Crippen LogP contribution is 2.58. The Hall–Kier alpha value is -4.86. The Morgan fingerprint density at radius 3 is 2.11 bits per heavy atom. The molecule has 10 heteroatoms. The number of aryl methyl sites for hydroxylation is 1. The van der Waals surface area contributed by atoms with Gasteiger partial charge in [0, 0.05) is 39.6 Å². The van der Waals surface area contributed by atoms with Crippen molar-refractivity contribution in [2.75, 3.05) is 7.11 Å². The molecule has 0 unspecified atom stereocenters. The maximum atomic E-state index is 13.9. The lowest BCUT2D eigenvalue weighted by atomic mass is 9.53. The van der Waals surface area contributed by atoms with E-state index in [1.165, 1.54) is 33.3 Å². The lowest BCUT2D eigenvalue weighted by molar-refractivity contribution is 0.00193. The van der Waals surface area contributed by atoms with Crippen molar-refractivity contribution in [3.8, 4) is 39.9 Å². The Morgan fingerprint density at radius 1 is 0.848 bits per heavy atom. The largest absolute Gasteiger partial charge is 0.508 e. The fourth-order valence-electron chi connectivity index (χ4n) is 9.59. The second kappa shape index (κ2) is 9.57. The zero-order chi connectivity index (χ0) is 32.4. The summed E-state index contributed by atoms with van der Waals surface area (Å²) in [6.45, 7) is 1.40. The molecule has 3 aromatic rings. The monoisotopic (exact) mass is 623 g/mol. The van der Waals surface area contributed by atoms with Crippen LogP contribution in [0.4, 0.5) is 0 Å². The quantitative estimate of drug-likeness (QED) is 0.185. The Balaban J connectivity index is 1.31. The molecule has 46 heavy (non-hydrogen) atoms. The van der Waals surface area contributed by atoms with E-state index in [0.29, 0.717) is 35.3 Å². The molecule has 4 saturated carbocycles. The maximum Gasteiger partial charge on any atom is 0.340 e. The van der Waals surface area contributed by atoms with Gasteiger partial charge in [0.15, 0.2) is 5.78 Å². The molecule has 0 saturated heterocycles. The van der Waals surface area contributed by atoms with Gasteiger partial charge in [0.05, 0.1) is 29.3 Å². The summed E-state index contributed by atoms with van der Waals surface area (Å²) in [4.78, 5) is 45.4. The van der Waals surface area contributed by atoms with Crippen LogP contribution in [0, 0.1) is 24.7 Å². The number of aliphatic imine (C=N–C) groups is 1. The number of carboxylic acids is 1. The zero-order valence-electron chi connectivity index (χ0n) is 25.4. The van der Waals surface area contributed by atoms with Crippen LogP contribution in [0.15, 0.2) is 17.1 Å². The predicted octanol–water partition coefficient (Wildman–Crippen LogP) is 5.45. The van der Waals surface area contributed by atoms with Crippen LogP contribution in [-0.2, 0) is 12.8 Å². The number of carboxylic acid groups (broad SMARTS) is 1. The lowest BCUT2D eigenvalue weighted by Crippen LogP contribution is -2.49. The van der Waals surface area contributed by atoms with Gasteiger partial charge in [-0.25, -0.2) is 4.79 Å². The van der Waals surface area contributed by atoms with E-state index in [1.807, 2.05) is 0 Å². The molecule has 4 fully saturated rings. The van der Waals surface area contributed by atoms with Crippen LogP contribution in [0.3, 0.4) is 0 Å². The van der Waals surface area contributed by atoms with Gasteiger partial charge in [0.25, 0.3) is 0 Å². The Kier molecular flexibility index (Phi) is 5.95. The normalized spacial score (nSPS) is 25.3. The summed E-state index contributed by atoms with van der Waals surface area (Å²) in [5, 5.41) is 54.8. The van der Waals surface area contributed by atoms with Crippen molar-refractivity contribution in [3.05, 3.63) is 62.2 Å². The van der Waals surface area contributed by atoms with Crippen molar-refractivity contribution >= 4 is 23.8 Å². The second-order valence-electron chi connectivity index (χ2n) is 13.9. The highest BCUT2D eigenvalue weighted by Gasteiger charge is 2.51. The summed E-state index contributed by atoms with van der Waals surface area (Å²) in [5.41, 5.74) is -0.597. The Morgan fingerprint density at radius 2 is 1.50 bits per heavy atom. The molecule has 0 atom stereocenters. The van der Waals surface area contributed by atoms with Crippen molar-refractivity contribution < 1.29 is 44.7 Å². The molecule has 0 aliphatic heterocycles. The number of aromatic carboxylic acids is 1. The minimum atomic E-state index is -1.37. The van der Waals surface area contributed by atoms with Gasteiger partial charge in [-0.1, -0.05) is 0 Å². The summed E-state index contributed by atoms with van der Waals surface area (Å²) in [5.74, 6) is -3.16. The first-order valence-electron chi connectivity index (χ1n) is 15.7. The first-order chi connectivity index (χ1) is 21.9. The predicted molar refractivity (Wildman–Crippen MR) is 166 cm³/mol. The second-order valence-corrected chi connectivity index (χ2v) is 13.9. The third kappa shape index (κ3) is 3.75. The molecule has 6 aliphatic carbocycles. The number of phenols is 4. The lowest BCUT2D eigenvalue weighted by Gasteiger charge is -2.55. The summed E-state index contributed by atoms with van der Waals surface area (Å²) in [7, 11) is 1.31. The van der Waals surface area contributed by atoms with Gasteiger partial charge >= 0.3 is 5.97 Å². The number of ether oxygens (including phenoxy) is 1. The molecule has 4 bridgehead atoms. The highest BCUT2D eigenvalue weighted by atomic mass is 16.5. The van der Waals surface area contributed by atoms with Crippen molar-refractivity contribution in [1.29, 1.82) is 0 Å². The number of carbonyl (C=O) groups excluding carboxylic acids is 2. The van der Waals surface area contributed by atoms with Crippen LogP contribution in [0.1, 0.15) is 103 Å². The number of nitrogens with zero attached hydrogens (tertiary/aromatic N) is 1. The van der Waals surface area contributed by atoms with Gasteiger partial charge in [0.2, 0.25) is 5.78 Å². The maximum absolute atomic E-state index is 13.9. The van der Waals surface area contributed by atoms with E-state index < -0.39 is 46.1 Å². The van der Waals surface area contributed by atoms with Gasteiger partial charge in [-0.15, -0.1) is 0 Å². The number of hydrogen-bond acceptors (Lipinski definition) is 9. The molecule has 10 nitrogen and oxygen atoms in total. The number of carbonyl (C=O) groups is 3. The van der Waals surface area contributed by atoms with Gasteiger partial charge < -0.3 is 30.3 Å². The average Bonchev–Trinajstić information content (AvgIpc) is 3.00. The van der Waals surface area contributed by atoms with Gasteiger partial charge in [-0.05, 0) is 93.7 Å². The third-order valence-electron chi connectivity index (χ3n) is 11.2. The molecule has 5 N–H and O–H groups in total. The van der Waals surface area contributed by atoms with E-state index in [-0.39, 0.29) is 62.2 Å². The van der Waals surface area contributed by atoms with Crippen molar-refractivity contribution in [2.24, 2.45) is 22.7 Å². The molecular weight excluding hydrogens is 590 g/mol. The number of methoxy groups -OCH3 is 1. The highest BCUT2D eigenvalue weighted by molar-refractivity contribution is 6.32. The number of hydrogen-bond donors (Lipinski definition) is 5. The van der Waals surface area contributed by atoms with Crippen molar-refractivity contribution in [2.45, 2.75) is 63.8 Å². The molecule has 6 aliphatic rings. The van der Waals surface area contributed by atoms with Crippen LogP contribution < -0.4 is 4.74 Å². The molecule has 0 aromatic heterocycles. The first kappa shape index (κ1) is 28.6. The minimum Gasteiger partial charge on any atom is -0.508 e. The Bertz CT molecular complexity index is 1950. The van der Waals surface area contributed by atoms with Crippen molar-refractivity contribution in [1.82, 2.24) is 0 Å². The summed E-state index contributed by atoms with van der Waals surface area (Å²) in [6, 6.07) is 2.75. The van der Waals surface area contributed by atoms with E-state index in [4.69, 9.17) is 9.73 Å². The molecule has 0 heterocycles. The number of fused-ring (bicyclic) bond motifs is 5. The van der Waals surface area contributed by atoms with Gasteiger partial charge in [-0.2, -0.15) is 0 Å². The number of phenolic OH excluding ortho intramolecular Hbond substituents is 3. The molecule has 3 aromatic carbocycles. The number of benzene rings is 3. The summed E-state index contributed by atoms with van der Waals surface area (Å²) in [6.07, 6.45) is 8.87. The summed E-state index contributed by atoms with van der Waals surface area (Å²) >= 11 is 0. The average molecular weight is 624 g/mol. The third-order valence-corrected chi connectivity index (χ3v) is 11.2. The van der Waals surface area contributed by atoms with Crippen LogP contribution in [0.25, 0.3) is 11.1 Å². The molecular formula is C36H33NO9. The number of rotatable bonds is 4. The van der Waals surface area contributed by atoms with E-state index in [0.717, 1.165) is 25.3 Å². The molecule has 9 rings (SSSR count). The zero-order valence-corrected chi connectivity index (χ0v) is 25.4. The number of aromatic hydroxyl groups is 4. The SMILES string of the molecule is COc1c2c(c(O)c3c1C(=O)c1c(cc(O)c(C)c1O)C3=O)-c1c(cc(C=NC34CC5CC(CC(C5)C3)C4)c(C(=O)O)c1O)CC2. The Labute approximate surface area is 264 Å². The van der Waals surface area contributed by atoms with Crippen LogP contribution in [0.2, 0.25) is 0 Å². The fraction of sp³-hybridized carbons (Fsp3) is 0.389. The standard InChI is InChI=1S/C36H33NO9/c1-14-22(38)9-21-26(29(14)39)33(43)28-27(30(21)40)32(42)25-20(34(28)46-2)4-3-18-8-19(24(35(44)45)31(41)23(18)25)13-37-36-10-15-5-16(11-36)7-17(6-15)12-36/h8-9,13,15-17,38-39,41-42H,3-7,10-12H2,1-2H3,(H,44,45). The van der Waals surface area contributed by atoms with E-state index in [2.05, 4.69) is 0 Å². The smallest absolute Gasteiger partial charge is 0.340 e. The molecule has 236 valence electrons. The van der Waals surface area contributed by atoms with Crippen LogP contribution in [0.5, 0.6) is 28.7 Å². The first-order valence-corrected chi connectivity index (χ1v) is 15.7. The van der Waals surface area contributed by atoms with Crippen LogP contribution >= 0.6 is 0 Å². The van der Waals surface area contributed by atoms with Crippen molar-refractivity contribution in [3.63, 3.8) is 0 Å².